The molecule has 7 nitrogen and oxygen atoms in total. The number of para-hydroxylation sites is 2. The number of hydrogen-bond donors (Lipinski definition) is 3. The number of anilines is 2. The zero-order valence-electron chi connectivity index (χ0n) is 20.2. The van der Waals surface area contributed by atoms with Gasteiger partial charge in [0.05, 0.1) is 39.9 Å². The lowest BCUT2D eigenvalue weighted by atomic mass is 9.70. The fraction of sp³-hybridized carbons (Fsp3) is 0.444. The van der Waals surface area contributed by atoms with E-state index in [0.29, 0.717) is 22.8 Å². The number of amides is 3. The van der Waals surface area contributed by atoms with Crippen LogP contribution in [0.3, 0.4) is 0 Å². The van der Waals surface area contributed by atoms with Gasteiger partial charge in [0.2, 0.25) is 17.7 Å². The normalized spacial score (nSPS) is 29.4. The van der Waals surface area contributed by atoms with Crippen molar-refractivity contribution in [2.45, 2.75) is 48.8 Å². The van der Waals surface area contributed by atoms with Crippen molar-refractivity contribution in [3.05, 3.63) is 59.6 Å². The lowest BCUT2D eigenvalue weighted by Crippen LogP contribution is -2.56. The Morgan fingerprint density at radius 1 is 1.11 bits per heavy atom. The van der Waals surface area contributed by atoms with Gasteiger partial charge in [0, 0.05) is 10.9 Å². The first-order chi connectivity index (χ1) is 17.3. The first kappa shape index (κ1) is 25.1. The Kier molecular flexibility index (Phi) is 6.78. The zero-order chi connectivity index (χ0) is 25.6. The molecule has 3 amide bonds. The van der Waals surface area contributed by atoms with E-state index in [2.05, 4.69) is 10.6 Å². The number of benzene rings is 2. The molecule has 9 heteroatoms. The monoisotopic (exact) mass is 527 g/mol. The molecule has 2 unspecified atom stereocenters. The number of likely N-dealkylation sites (tertiary alicyclic amines) is 1. The molecule has 3 aliphatic rings. The quantitative estimate of drug-likeness (QED) is 0.505. The molecule has 36 heavy (non-hydrogen) atoms. The Morgan fingerprint density at radius 2 is 1.81 bits per heavy atom. The van der Waals surface area contributed by atoms with Crippen molar-refractivity contribution >= 4 is 52.5 Å². The Morgan fingerprint density at radius 3 is 2.47 bits per heavy atom. The Balaban J connectivity index is 1.52. The molecule has 5 rings (SSSR count). The second-order valence-electron chi connectivity index (χ2n) is 10.1. The van der Waals surface area contributed by atoms with E-state index in [0.717, 1.165) is 6.42 Å². The van der Waals surface area contributed by atoms with Crippen LogP contribution >= 0.6 is 23.4 Å². The Hall–Kier alpha value is -2.55. The molecule has 3 fully saturated rings. The number of rotatable bonds is 7. The summed E-state index contributed by atoms with van der Waals surface area (Å²) in [5.74, 6) is -2.04. The maximum absolute atomic E-state index is 14.1. The lowest BCUT2D eigenvalue weighted by Gasteiger charge is -2.38. The second kappa shape index (κ2) is 9.72. The van der Waals surface area contributed by atoms with E-state index in [1.807, 2.05) is 44.2 Å². The van der Waals surface area contributed by atoms with Gasteiger partial charge in [0.1, 0.15) is 6.04 Å². The number of aliphatic hydroxyl groups is 1. The molecule has 0 saturated carbocycles. The van der Waals surface area contributed by atoms with E-state index in [1.54, 1.807) is 40.9 Å². The molecule has 0 radical (unpaired) electrons. The maximum Gasteiger partial charge on any atom is 0.248 e. The predicted octanol–water partition coefficient (Wildman–Crippen LogP) is 4.03. The van der Waals surface area contributed by atoms with E-state index in [9.17, 15) is 19.5 Å². The molecular weight excluding hydrogens is 498 g/mol. The van der Waals surface area contributed by atoms with Crippen LogP contribution in [0.4, 0.5) is 11.4 Å². The summed E-state index contributed by atoms with van der Waals surface area (Å²) in [4.78, 5) is 43.1. The van der Waals surface area contributed by atoms with Crippen LogP contribution in [0.15, 0.2) is 54.6 Å². The van der Waals surface area contributed by atoms with E-state index in [-0.39, 0.29) is 35.5 Å². The van der Waals surface area contributed by atoms with Gasteiger partial charge in [-0.25, -0.2) is 0 Å². The van der Waals surface area contributed by atoms with Crippen molar-refractivity contribution in [3.8, 4) is 0 Å². The third kappa shape index (κ3) is 3.99. The Labute approximate surface area is 220 Å². The summed E-state index contributed by atoms with van der Waals surface area (Å²) in [6.45, 7) is 3.58. The van der Waals surface area contributed by atoms with E-state index < -0.39 is 28.7 Å². The van der Waals surface area contributed by atoms with Crippen LogP contribution in [-0.2, 0) is 14.4 Å². The number of thioether (sulfide) groups is 1. The van der Waals surface area contributed by atoms with Crippen LogP contribution in [0.5, 0.6) is 0 Å². The molecule has 190 valence electrons. The minimum Gasteiger partial charge on any atom is -0.394 e. The molecule has 0 aromatic heterocycles. The van der Waals surface area contributed by atoms with E-state index >= 15 is 0 Å². The molecule has 0 aliphatic carbocycles. The summed E-state index contributed by atoms with van der Waals surface area (Å²) in [7, 11) is 0. The van der Waals surface area contributed by atoms with Gasteiger partial charge in [-0.3, -0.25) is 14.4 Å². The van der Waals surface area contributed by atoms with Crippen molar-refractivity contribution in [3.63, 3.8) is 0 Å². The van der Waals surface area contributed by atoms with Crippen molar-refractivity contribution in [1.29, 1.82) is 0 Å². The summed E-state index contributed by atoms with van der Waals surface area (Å²) in [5, 5.41) is 16.5. The maximum atomic E-state index is 14.1. The van der Waals surface area contributed by atoms with Crippen LogP contribution in [0.25, 0.3) is 0 Å². The fourth-order valence-electron chi connectivity index (χ4n) is 6.18. The summed E-state index contributed by atoms with van der Waals surface area (Å²) in [5.41, 5.74) is 1.15. The van der Waals surface area contributed by atoms with Crippen molar-refractivity contribution in [2.24, 2.45) is 17.8 Å². The van der Waals surface area contributed by atoms with Gasteiger partial charge >= 0.3 is 0 Å². The molecule has 2 aromatic carbocycles. The zero-order valence-corrected chi connectivity index (χ0v) is 21.8. The van der Waals surface area contributed by atoms with Gasteiger partial charge in [0.15, 0.2) is 0 Å². The number of nitrogens with zero attached hydrogens (tertiary/aromatic N) is 1. The molecule has 3 aliphatic heterocycles. The van der Waals surface area contributed by atoms with Crippen molar-refractivity contribution in [2.75, 3.05) is 17.2 Å². The highest BCUT2D eigenvalue weighted by atomic mass is 35.5. The molecule has 6 atom stereocenters. The first-order valence-electron chi connectivity index (χ1n) is 12.3. The molecule has 3 saturated heterocycles. The third-order valence-corrected chi connectivity index (χ3v) is 10.1. The van der Waals surface area contributed by atoms with Gasteiger partial charge in [-0.15, -0.1) is 11.8 Å². The second-order valence-corrected chi connectivity index (χ2v) is 12.1. The standard InChI is InChI=1S/C27H30ClN3O4S/c1-15(2)19(14-32)31-23(25(34)30-18-11-7-6-10-17(18)28)27-13-12-20(36-27)21(22(27)26(31)35)24(33)29-16-8-4-3-5-9-16/h3-11,15,19-23,32H,12-14H2,1-2H3,(H,29,33)(H,30,34)/t19-,20-,21+,22-,23?,27?/m0/s1. The number of carbonyl (C=O) groups is 3. The average molecular weight is 528 g/mol. The van der Waals surface area contributed by atoms with Crippen LogP contribution in [0, 0.1) is 17.8 Å². The van der Waals surface area contributed by atoms with Gasteiger partial charge in [-0.2, -0.15) is 0 Å². The van der Waals surface area contributed by atoms with Gasteiger partial charge in [-0.1, -0.05) is 55.8 Å². The highest BCUT2D eigenvalue weighted by Crippen LogP contribution is 2.66. The number of nitrogens with one attached hydrogen (secondary N) is 2. The summed E-state index contributed by atoms with van der Waals surface area (Å²) in [6.07, 6.45) is 1.40. The Bertz CT molecular complexity index is 1180. The lowest BCUT2D eigenvalue weighted by molar-refractivity contribution is -0.142. The predicted molar refractivity (Wildman–Crippen MR) is 142 cm³/mol. The third-order valence-electron chi connectivity index (χ3n) is 7.78. The smallest absolute Gasteiger partial charge is 0.248 e. The highest BCUT2D eigenvalue weighted by Gasteiger charge is 2.74. The summed E-state index contributed by atoms with van der Waals surface area (Å²) >= 11 is 7.91. The number of hydrogen-bond acceptors (Lipinski definition) is 5. The van der Waals surface area contributed by atoms with Gasteiger partial charge < -0.3 is 20.6 Å². The number of aliphatic hydroxyl groups excluding tert-OH is 1. The van der Waals surface area contributed by atoms with E-state index in [1.165, 1.54) is 0 Å². The summed E-state index contributed by atoms with van der Waals surface area (Å²) < 4.78 is -0.742. The summed E-state index contributed by atoms with van der Waals surface area (Å²) in [6, 6.07) is 14.8. The van der Waals surface area contributed by atoms with Crippen molar-refractivity contribution < 1.29 is 19.5 Å². The minimum atomic E-state index is -0.824. The minimum absolute atomic E-state index is 0.0490. The van der Waals surface area contributed by atoms with Gasteiger partial charge in [-0.05, 0) is 43.0 Å². The first-order valence-corrected chi connectivity index (χ1v) is 13.6. The molecule has 1 spiro atoms. The van der Waals surface area contributed by atoms with Crippen LogP contribution < -0.4 is 10.6 Å². The molecule has 3 N–H and O–H groups in total. The highest BCUT2D eigenvalue weighted by molar-refractivity contribution is 8.02. The van der Waals surface area contributed by atoms with Crippen LogP contribution in [-0.4, -0.2) is 56.4 Å². The topological polar surface area (TPSA) is 98.7 Å². The number of carbonyl (C=O) groups excluding carboxylic acids is 3. The van der Waals surface area contributed by atoms with Crippen LogP contribution in [0.1, 0.15) is 26.7 Å². The molecule has 2 bridgehead atoms. The van der Waals surface area contributed by atoms with Gasteiger partial charge in [0.25, 0.3) is 0 Å². The fourth-order valence-corrected chi connectivity index (χ4v) is 8.57. The van der Waals surface area contributed by atoms with Crippen molar-refractivity contribution in [1.82, 2.24) is 4.90 Å². The number of halogens is 1. The molecule has 2 aromatic rings. The van der Waals surface area contributed by atoms with E-state index in [4.69, 9.17) is 11.6 Å². The number of fused-ring (bicyclic) bond motifs is 1. The largest absolute Gasteiger partial charge is 0.394 e. The molecule has 3 heterocycles. The average Bonchev–Trinajstić information content (AvgIpc) is 3.49. The van der Waals surface area contributed by atoms with Crippen LogP contribution in [0.2, 0.25) is 5.02 Å². The molecular formula is C27H30ClN3O4S. The SMILES string of the molecule is CC(C)[C@H](CO)N1C(=O)[C@@H]2[C@H](C(=O)Nc3ccccc3)[C@@H]3CCC2(S3)C1C(=O)Nc1ccccc1Cl.